The molecule has 0 spiro atoms. The third kappa shape index (κ3) is 5.54. The third-order valence-electron chi connectivity index (χ3n) is 5.83. The maximum absolute atomic E-state index is 12.9. The summed E-state index contributed by atoms with van der Waals surface area (Å²) in [5.74, 6) is 1.19. The van der Waals surface area contributed by atoms with Crippen molar-refractivity contribution in [2.24, 2.45) is 5.92 Å². The van der Waals surface area contributed by atoms with Crippen molar-refractivity contribution < 1.29 is 14.3 Å². The number of nitrogens with zero attached hydrogens (tertiary/aromatic N) is 5. The van der Waals surface area contributed by atoms with E-state index in [9.17, 15) is 9.59 Å². The molecule has 0 radical (unpaired) electrons. The Morgan fingerprint density at radius 1 is 1.29 bits per heavy atom. The van der Waals surface area contributed by atoms with E-state index < -0.39 is 0 Å². The van der Waals surface area contributed by atoms with E-state index in [-0.39, 0.29) is 17.7 Å². The normalized spacial score (nSPS) is 21.1. The first-order valence-corrected chi connectivity index (χ1v) is 10.3. The standard InChI is InChI=1S/C20H33N5O3/c1-17-21-6-9-24(17)11-10-22(2)20(27)18-4-5-19(26)25(16-18)8-3-7-23-12-14-28-15-13-23/h6,9,18H,3-5,7-8,10-16H2,1-2H3. The van der Waals surface area contributed by atoms with Gasteiger partial charge in [0.15, 0.2) is 0 Å². The highest BCUT2D eigenvalue weighted by molar-refractivity contribution is 5.83. The predicted octanol–water partition coefficient (Wildman–Crippen LogP) is 0.611. The van der Waals surface area contributed by atoms with Gasteiger partial charge in [0.1, 0.15) is 5.82 Å². The molecule has 8 nitrogen and oxygen atoms in total. The lowest BCUT2D eigenvalue weighted by atomic mass is 9.96. The second kappa shape index (κ2) is 10.0. The smallest absolute Gasteiger partial charge is 0.227 e. The van der Waals surface area contributed by atoms with Gasteiger partial charge < -0.3 is 19.1 Å². The molecular weight excluding hydrogens is 358 g/mol. The highest BCUT2D eigenvalue weighted by atomic mass is 16.5. The van der Waals surface area contributed by atoms with Crippen LogP contribution in [0, 0.1) is 12.8 Å². The van der Waals surface area contributed by atoms with Crippen molar-refractivity contribution in [3.63, 3.8) is 0 Å². The predicted molar refractivity (Wildman–Crippen MR) is 106 cm³/mol. The second-order valence-electron chi connectivity index (χ2n) is 7.81. The van der Waals surface area contributed by atoms with Crippen molar-refractivity contribution in [3.8, 4) is 0 Å². The van der Waals surface area contributed by atoms with Gasteiger partial charge in [-0.1, -0.05) is 0 Å². The molecule has 8 heteroatoms. The van der Waals surface area contributed by atoms with Gasteiger partial charge in [-0.25, -0.2) is 4.98 Å². The third-order valence-corrected chi connectivity index (χ3v) is 5.83. The summed E-state index contributed by atoms with van der Waals surface area (Å²) in [7, 11) is 1.85. The Bertz CT molecular complexity index is 656. The number of carbonyl (C=O) groups is 2. The molecule has 2 fully saturated rings. The Kier molecular flexibility index (Phi) is 7.44. The van der Waals surface area contributed by atoms with E-state index in [0.29, 0.717) is 25.9 Å². The van der Waals surface area contributed by atoms with Gasteiger partial charge in [0, 0.05) is 71.7 Å². The number of likely N-dealkylation sites (N-methyl/N-ethyl adjacent to an activating group) is 1. The SMILES string of the molecule is Cc1nccn1CCN(C)C(=O)C1CCC(=O)N(CCCN2CCOCC2)C1. The number of aryl methyl sites for hydroxylation is 1. The Balaban J connectivity index is 1.43. The van der Waals surface area contributed by atoms with E-state index in [1.54, 1.807) is 11.1 Å². The van der Waals surface area contributed by atoms with Crippen LogP contribution in [-0.2, 0) is 20.9 Å². The summed E-state index contributed by atoms with van der Waals surface area (Å²) in [5, 5.41) is 0. The molecule has 2 saturated heterocycles. The van der Waals surface area contributed by atoms with Crippen molar-refractivity contribution in [1.82, 2.24) is 24.3 Å². The fourth-order valence-electron chi connectivity index (χ4n) is 3.96. The summed E-state index contributed by atoms with van der Waals surface area (Å²) >= 11 is 0. The van der Waals surface area contributed by atoms with Crippen LogP contribution in [0.2, 0.25) is 0 Å². The zero-order valence-corrected chi connectivity index (χ0v) is 17.2. The first kappa shape index (κ1) is 20.8. The molecule has 1 atom stereocenters. The van der Waals surface area contributed by atoms with Crippen molar-refractivity contribution in [3.05, 3.63) is 18.2 Å². The summed E-state index contributed by atoms with van der Waals surface area (Å²) in [6.07, 6.45) is 5.79. The molecule has 0 bridgehead atoms. The largest absolute Gasteiger partial charge is 0.379 e. The lowest BCUT2D eigenvalue weighted by Crippen LogP contribution is -2.47. The topological polar surface area (TPSA) is 70.9 Å². The monoisotopic (exact) mass is 391 g/mol. The lowest BCUT2D eigenvalue weighted by Gasteiger charge is -2.34. The van der Waals surface area contributed by atoms with Crippen LogP contribution >= 0.6 is 0 Å². The minimum Gasteiger partial charge on any atom is -0.379 e. The molecule has 0 aliphatic carbocycles. The number of hydrogen-bond donors (Lipinski definition) is 0. The molecule has 28 heavy (non-hydrogen) atoms. The molecule has 0 N–H and O–H groups in total. The van der Waals surface area contributed by atoms with Gasteiger partial charge >= 0.3 is 0 Å². The van der Waals surface area contributed by atoms with E-state index in [0.717, 1.165) is 58.2 Å². The number of piperidine rings is 1. The Morgan fingerprint density at radius 3 is 2.79 bits per heavy atom. The van der Waals surface area contributed by atoms with Crippen molar-refractivity contribution in [1.29, 1.82) is 0 Å². The van der Waals surface area contributed by atoms with Crippen LogP contribution in [0.5, 0.6) is 0 Å². The first-order valence-electron chi connectivity index (χ1n) is 10.3. The number of imidazole rings is 1. The van der Waals surface area contributed by atoms with Crippen LogP contribution in [0.4, 0.5) is 0 Å². The maximum atomic E-state index is 12.9. The number of ether oxygens (including phenoxy) is 1. The number of amides is 2. The molecule has 0 saturated carbocycles. The van der Waals surface area contributed by atoms with E-state index in [1.807, 2.05) is 29.6 Å². The molecule has 2 aliphatic heterocycles. The van der Waals surface area contributed by atoms with E-state index in [4.69, 9.17) is 4.74 Å². The van der Waals surface area contributed by atoms with Crippen LogP contribution < -0.4 is 0 Å². The summed E-state index contributed by atoms with van der Waals surface area (Å²) in [6, 6.07) is 0. The molecule has 1 aromatic heterocycles. The van der Waals surface area contributed by atoms with Crippen LogP contribution in [0.1, 0.15) is 25.1 Å². The number of aromatic nitrogens is 2. The zero-order chi connectivity index (χ0) is 19.9. The Morgan fingerprint density at radius 2 is 2.07 bits per heavy atom. The average Bonchev–Trinajstić information content (AvgIpc) is 3.12. The van der Waals surface area contributed by atoms with Crippen molar-refractivity contribution >= 4 is 11.8 Å². The van der Waals surface area contributed by atoms with E-state index >= 15 is 0 Å². The molecular formula is C20H33N5O3. The average molecular weight is 392 g/mol. The summed E-state index contributed by atoms with van der Waals surface area (Å²) in [5.41, 5.74) is 0. The highest BCUT2D eigenvalue weighted by Crippen LogP contribution is 2.20. The number of morpholine rings is 1. The Hall–Kier alpha value is -1.93. The molecule has 2 aliphatic rings. The molecule has 1 aromatic rings. The van der Waals surface area contributed by atoms with Gasteiger partial charge in [-0.3, -0.25) is 14.5 Å². The molecule has 3 rings (SSSR count). The Labute approximate surface area is 167 Å². The van der Waals surface area contributed by atoms with Crippen LogP contribution in [0.3, 0.4) is 0 Å². The number of carbonyl (C=O) groups excluding carboxylic acids is 2. The van der Waals surface area contributed by atoms with Gasteiger partial charge in [-0.15, -0.1) is 0 Å². The minimum atomic E-state index is -0.0880. The maximum Gasteiger partial charge on any atom is 0.227 e. The van der Waals surface area contributed by atoms with Gasteiger partial charge in [0.05, 0.1) is 19.1 Å². The van der Waals surface area contributed by atoms with E-state index in [2.05, 4.69) is 9.88 Å². The lowest BCUT2D eigenvalue weighted by molar-refractivity contribution is -0.142. The van der Waals surface area contributed by atoms with Crippen LogP contribution in [0.25, 0.3) is 0 Å². The first-order chi connectivity index (χ1) is 13.5. The highest BCUT2D eigenvalue weighted by Gasteiger charge is 2.31. The van der Waals surface area contributed by atoms with Gasteiger partial charge in [0.25, 0.3) is 0 Å². The van der Waals surface area contributed by atoms with Crippen molar-refractivity contribution in [2.45, 2.75) is 32.7 Å². The number of rotatable bonds is 8. The second-order valence-corrected chi connectivity index (χ2v) is 7.81. The van der Waals surface area contributed by atoms with Gasteiger partial charge in [-0.05, 0) is 19.8 Å². The molecule has 2 amide bonds. The minimum absolute atomic E-state index is 0.0880. The summed E-state index contributed by atoms with van der Waals surface area (Å²) in [4.78, 5) is 35.4. The van der Waals surface area contributed by atoms with E-state index in [1.165, 1.54) is 0 Å². The summed E-state index contributed by atoms with van der Waals surface area (Å²) in [6.45, 7) is 9.15. The van der Waals surface area contributed by atoms with Gasteiger partial charge in [0.2, 0.25) is 11.8 Å². The molecule has 156 valence electrons. The zero-order valence-electron chi connectivity index (χ0n) is 17.2. The van der Waals surface area contributed by atoms with Gasteiger partial charge in [-0.2, -0.15) is 0 Å². The molecule has 1 unspecified atom stereocenters. The van der Waals surface area contributed by atoms with Crippen LogP contribution in [-0.4, -0.2) is 95.6 Å². The van der Waals surface area contributed by atoms with Crippen molar-refractivity contribution in [2.75, 3.05) is 59.5 Å². The molecule has 0 aromatic carbocycles. The quantitative estimate of drug-likeness (QED) is 0.649. The number of likely N-dealkylation sites (tertiary alicyclic amines) is 1. The fraction of sp³-hybridized carbons (Fsp3) is 0.750. The summed E-state index contributed by atoms with van der Waals surface area (Å²) < 4.78 is 7.42. The molecule has 3 heterocycles. The van der Waals surface area contributed by atoms with Crippen LogP contribution in [0.15, 0.2) is 12.4 Å². The number of hydrogen-bond acceptors (Lipinski definition) is 5. The fourth-order valence-corrected chi connectivity index (χ4v) is 3.96.